The molecule has 4 nitrogen and oxygen atoms in total. The highest BCUT2D eigenvalue weighted by atomic mass is 127. The largest absolute Gasteiger partial charge is 0.315 e. The molecule has 17 heavy (non-hydrogen) atoms. The molecule has 0 radical (unpaired) electrons. The molecule has 0 aromatic heterocycles. The van der Waals surface area contributed by atoms with Gasteiger partial charge < -0.3 is 10.6 Å². The quantitative estimate of drug-likeness (QED) is 0.561. The van der Waals surface area contributed by atoms with Crippen LogP contribution in [0.2, 0.25) is 0 Å². The SMILES string of the molecule is CC(C)N1CCNCC1C1CNCCN(I)C1. The summed E-state index contributed by atoms with van der Waals surface area (Å²) in [6.45, 7) is 12.8. The highest BCUT2D eigenvalue weighted by Crippen LogP contribution is 2.20. The maximum Gasteiger partial charge on any atom is 0.0276 e. The predicted molar refractivity (Wildman–Crippen MR) is 80.5 cm³/mol. The maximum absolute atomic E-state index is 3.58. The third-order valence-electron chi connectivity index (χ3n) is 3.90. The molecule has 2 saturated heterocycles. The van der Waals surface area contributed by atoms with Gasteiger partial charge in [0.2, 0.25) is 0 Å². The third kappa shape index (κ3) is 3.76. The average Bonchev–Trinajstić information content (AvgIpc) is 2.54. The Morgan fingerprint density at radius 1 is 1.12 bits per heavy atom. The van der Waals surface area contributed by atoms with Crippen molar-refractivity contribution in [3.63, 3.8) is 0 Å². The van der Waals surface area contributed by atoms with Crippen molar-refractivity contribution in [3.8, 4) is 0 Å². The lowest BCUT2D eigenvalue weighted by Gasteiger charge is -2.43. The first-order chi connectivity index (χ1) is 8.18. The van der Waals surface area contributed by atoms with Crippen molar-refractivity contribution in [2.75, 3.05) is 45.8 Å². The Bertz CT molecular complexity index is 237. The van der Waals surface area contributed by atoms with E-state index in [1.165, 1.54) is 19.6 Å². The number of halogens is 1. The van der Waals surface area contributed by atoms with Crippen LogP contribution in [-0.4, -0.2) is 65.9 Å². The van der Waals surface area contributed by atoms with Crippen molar-refractivity contribution in [2.45, 2.75) is 25.9 Å². The molecule has 0 aromatic rings. The van der Waals surface area contributed by atoms with Crippen molar-refractivity contribution in [1.29, 1.82) is 0 Å². The molecular formula is C12H25IN4. The number of hydrogen-bond acceptors (Lipinski definition) is 4. The molecule has 0 bridgehead atoms. The van der Waals surface area contributed by atoms with Gasteiger partial charge in [0.25, 0.3) is 0 Å². The lowest BCUT2D eigenvalue weighted by atomic mass is 9.95. The summed E-state index contributed by atoms with van der Waals surface area (Å²) in [6, 6.07) is 1.35. The predicted octanol–water partition coefficient (Wildman–Crippen LogP) is 0.540. The molecule has 0 spiro atoms. The molecule has 2 aliphatic rings. The molecule has 5 heteroatoms. The van der Waals surface area contributed by atoms with Crippen LogP contribution in [0.5, 0.6) is 0 Å². The Hall–Kier alpha value is 0.570. The van der Waals surface area contributed by atoms with Crippen molar-refractivity contribution in [2.24, 2.45) is 5.92 Å². The zero-order valence-corrected chi connectivity index (χ0v) is 13.1. The van der Waals surface area contributed by atoms with E-state index in [0.717, 1.165) is 32.1 Å². The Morgan fingerprint density at radius 3 is 2.59 bits per heavy atom. The minimum absolute atomic E-state index is 0.660. The summed E-state index contributed by atoms with van der Waals surface area (Å²) in [7, 11) is 0. The summed E-state index contributed by atoms with van der Waals surface area (Å²) in [4.78, 5) is 2.68. The van der Waals surface area contributed by atoms with Gasteiger partial charge in [-0.2, -0.15) is 0 Å². The van der Waals surface area contributed by atoms with Crippen LogP contribution < -0.4 is 10.6 Å². The Labute approximate surface area is 119 Å². The minimum Gasteiger partial charge on any atom is -0.315 e. The first-order valence-electron chi connectivity index (χ1n) is 6.76. The summed E-state index contributed by atoms with van der Waals surface area (Å²) in [5.74, 6) is 0.740. The monoisotopic (exact) mass is 352 g/mol. The molecule has 2 unspecified atom stereocenters. The summed E-state index contributed by atoms with van der Waals surface area (Å²) < 4.78 is 2.44. The van der Waals surface area contributed by atoms with Gasteiger partial charge in [0.05, 0.1) is 0 Å². The van der Waals surface area contributed by atoms with E-state index in [0.29, 0.717) is 12.1 Å². The standard InChI is InChI=1S/C12H25IN4/c1-10(2)17-6-4-15-8-12(17)11-7-14-3-5-16(13)9-11/h10-12,14-15H,3-9H2,1-2H3. The van der Waals surface area contributed by atoms with Crippen molar-refractivity contribution in [3.05, 3.63) is 0 Å². The molecule has 100 valence electrons. The fourth-order valence-electron chi connectivity index (χ4n) is 2.98. The summed E-state index contributed by atoms with van der Waals surface area (Å²) >= 11 is 2.47. The van der Waals surface area contributed by atoms with Crippen LogP contribution in [0, 0.1) is 5.92 Å². The number of hydrogen-bond donors (Lipinski definition) is 2. The molecule has 2 heterocycles. The number of nitrogens with zero attached hydrogens (tertiary/aromatic N) is 2. The van der Waals surface area contributed by atoms with E-state index in [1.807, 2.05) is 0 Å². The number of rotatable bonds is 2. The van der Waals surface area contributed by atoms with E-state index in [2.05, 4.69) is 55.4 Å². The van der Waals surface area contributed by atoms with Crippen LogP contribution in [0.1, 0.15) is 13.8 Å². The van der Waals surface area contributed by atoms with Crippen molar-refractivity contribution >= 4 is 22.9 Å². The van der Waals surface area contributed by atoms with Crippen molar-refractivity contribution < 1.29 is 0 Å². The van der Waals surface area contributed by atoms with Crippen LogP contribution in [0.25, 0.3) is 0 Å². The van der Waals surface area contributed by atoms with Crippen molar-refractivity contribution in [1.82, 2.24) is 18.6 Å². The first-order valence-corrected chi connectivity index (χ1v) is 7.73. The maximum atomic E-state index is 3.58. The van der Waals surface area contributed by atoms with Crippen LogP contribution in [0.15, 0.2) is 0 Å². The van der Waals surface area contributed by atoms with Gasteiger partial charge in [-0.05, 0) is 13.8 Å². The summed E-state index contributed by atoms with van der Waals surface area (Å²) in [5.41, 5.74) is 0. The highest BCUT2D eigenvalue weighted by Gasteiger charge is 2.32. The van der Waals surface area contributed by atoms with Crippen LogP contribution in [-0.2, 0) is 0 Å². The molecule has 0 aromatic carbocycles. The van der Waals surface area contributed by atoms with E-state index in [4.69, 9.17) is 0 Å². The topological polar surface area (TPSA) is 30.5 Å². The van der Waals surface area contributed by atoms with E-state index in [9.17, 15) is 0 Å². The molecular weight excluding hydrogens is 327 g/mol. The van der Waals surface area contributed by atoms with Gasteiger partial charge in [0, 0.05) is 86.7 Å². The highest BCUT2D eigenvalue weighted by molar-refractivity contribution is 14.1. The lowest BCUT2D eigenvalue weighted by Crippen LogP contribution is -2.58. The first kappa shape index (κ1) is 14.0. The van der Waals surface area contributed by atoms with E-state index < -0.39 is 0 Å². The fourth-order valence-corrected chi connectivity index (χ4v) is 3.72. The summed E-state index contributed by atoms with van der Waals surface area (Å²) in [6.07, 6.45) is 0. The van der Waals surface area contributed by atoms with Crippen LogP contribution >= 0.6 is 22.9 Å². The van der Waals surface area contributed by atoms with Gasteiger partial charge in [-0.15, -0.1) is 0 Å². The van der Waals surface area contributed by atoms with Gasteiger partial charge >= 0.3 is 0 Å². The Kier molecular flexibility index (Phi) is 5.48. The minimum atomic E-state index is 0.660. The van der Waals surface area contributed by atoms with Gasteiger partial charge in [0.1, 0.15) is 0 Å². The average molecular weight is 352 g/mol. The molecule has 2 rings (SSSR count). The molecule has 2 fully saturated rings. The molecule has 2 N–H and O–H groups in total. The zero-order valence-electron chi connectivity index (χ0n) is 11.0. The lowest BCUT2D eigenvalue weighted by molar-refractivity contribution is 0.0790. The fraction of sp³-hybridized carbons (Fsp3) is 1.00. The Morgan fingerprint density at radius 2 is 1.82 bits per heavy atom. The van der Waals surface area contributed by atoms with Gasteiger partial charge in [0.15, 0.2) is 0 Å². The second kappa shape index (κ2) is 6.65. The van der Waals surface area contributed by atoms with E-state index >= 15 is 0 Å². The van der Waals surface area contributed by atoms with Crippen LogP contribution in [0.3, 0.4) is 0 Å². The summed E-state index contributed by atoms with van der Waals surface area (Å²) in [5, 5.41) is 7.15. The van der Waals surface area contributed by atoms with Gasteiger partial charge in [-0.3, -0.25) is 4.90 Å². The Balaban J connectivity index is 2.01. The number of piperazine rings is 1. The zero-order chi connectivity index (χ0) is 12.3. The molecule has 2 atom stereocenters. The molecule has 0 aliphatic carbocycles. The van der Waals surface area contributed by atoms with Gasteiger partial charge in [-0.1, -0.05) is 0 Å². The second-order valence-corrected chi connectivity index (χ2v) is 6.80. The smallest absolute Gasteiger partial charge is 0.0276 e. The number of nitrogens with one attached hydrogen (secondary N) is 2. The molecule has 0 saturated carbocycles. The van der Waals surface area contributed by atoms with E-state index in [-0.39, 0.29) is 0 Å². The molecule has 0 amide bonds. The normalized spacial score (nSPS) is 33.9. The van der Waals surface area contributed by atoms with E-state index in [1.54, 1.807) is 0 Å². The molecule has 2 aliphatic heterocycles. The third-order valence-corrected chi connectivity index (χ3v) is 4.78. The second-order valence-electron chi connectivity index (χ2n) is 5.44. The van der Waals surface area contributed by atoms with Crippen LogP contribution in [0.4, 0.5) is 0 Å². The van der Waals surface area contributed by atoms with Gasteiger partial charge in [-0.25, -0.2) is 3.11 Å².